The summed E-state index contributed by atoms with van der Waals surface area (Å²) in [6.07, 6.45) is 1.36. The Hall–Kier alpha value is -2.64. The van der Waals surface area contributed by atoms with Crippen molar-refractivity contribution in [1.82, 2.24) is 4.98 Å². The van der Waals surface area contributed by atoms with Gasteiger partial charge in [-0.2, -0.15) is 13.2 Å². The van der Waals surface area contributed by atoms with E-state index in [2.05, 4.69) is 47.1 Å². The molecule has 0 aliphatic carbocycles. The molecular formula is C25H26F3N3S. The molecule has 0 saturated heterocycles. The van der Waals surface area contributed by atoms with Crippen LogP contribution in [0.1, 0.15) is 37.1 Å². The third-order valence-electron chi connectivity index (χ3n) is 5.58. The van der Waals surface area contributed by atoms with Gasteiger partial charge in [0, 0.05) is 27.7 Å². The topological polar surface area (TPSA) is 45.0 Å². The number of nitrogens with zero attached hydrogens (tertiary/aromatic N) is 1. The Bertz CT molecular complexity index is 1150. The van der Waals surface area contributed by atoms with Crippen molar-refractivity contribution in [1.29, 1.82) is 0 Å². The van der Waals surface area contributed by atoms with Gasteiger partial charge < -0.3 is 15.6 Å². The number of rotatable bonds is 6. The molecule has 2 heterocycles. The molecule has 0 unspecified atom stereocenters. The summed E-state index contributed by atoms with van der Waals surface area (Å²) in [5.74, 6) is 0. The fourth-order valence-corrected chi connectivity index (χ4v) is 5.18. The number of aromatic amines is 1. The van der Waals surface area contributed by atoms with Crippen LogP contribution in [-0.4, -0.2) is 18.1 Å². The third kappa shape index (κ3) is 4.32. The fourth-order valence-electron chi connectivity index (χ4n) is 4.01. The van der Waals surface area contributed by atoms with Gasteiger partial charge >= 0.3 is 6.18 Å². The van der Waals surface area contributed by atoms with Gasteiger partial charge in [0.1, 0.15) is 0 Å². The Morgan fingerprint density at radius 1 is 1.06 bits per heavy atom. The quantitative estimate of drug-likeness (QED) is 0.410. The van der Waals surface area contributed by atoms with Crippen LogP contribution in [0.4, 0.5) is 24.5 Å². The Labute approximate surface area is 190 Å². The molecule has 4 rings (SSSR count). The van der Waals surface area contributed by atoms with Crippen molar-refractivity contribution in [3.05, 3.63) is 65.4 Å². The highest BCUT2D eigenvalue weighted by molar-refractivity contribution is 7.99. The normalized spacial score (nSPS) is 13.5. The number of halogens is 3. The number of allylic oxidation sites excluding steroid dienone is 1. The molecule has 1 aliphatic rings. The number of H-pyrrole nitrogens is 1. The second-order valence-corrected chi connectivity index (χ2v) is 8.81. The van der Waals surface area contributed by atoms with Gasteiger partial charge in [-0.25, -0.2) is 0 Å². The minimum atomic E-state index is -4.37. The average Bonchev–Trinajstić information content (AvgIpc) is 3.18. The number of aryl methyl sites for hydroxylation is 1. The van der Waals surface area contributed by atoms with Gasteiger partial charge in [-0.15, -0.1) is 0 Å². The van der Waals surface area contributed by atoms with Crippen molar-refractivity contribution in [3.8, 4) is 11.3 Å². The molecule has 1 aromatic heterocycles. The number of nitrogens with two attached hydrogens (primary N) is 1. The van der Waals surface area contributed by atoms with Crippen molar-refractivity contribution in [2.45, 2.75) is 42.7 Å². The second-order valence-electron chi connectivity index (χ2n) is 7.73. The number of aromatic nitrogens is 1. The Morgan fingerprint density at radius 2 is 1.78 bits per heavy atom. The van der Waals surface area contributed by atoms with Crippen molar-refractivity contribution < 1.29 is 13.2 Å². The predicted molar refractivity (Wildman–Crippen MR) is 127 cm³/mol. The van der Waals surface area contributed by atoms with Crippen LogP contribution in [-0.2, 0) is 12.6 Å². The molecule has 168 valence electrons. The molecule has 0 saturated carbocycles. The number of benzene rings is 2. The van der Waals surface area contributed by atoms with E-state index >= 15 is 0 Å². The van der Waals surface area contributed by atoms with Crippen LogP contribution >= 0.6 is 11.8 Å². The minimum absolute atomic E-state index is 0.517. The zero-order chi connectivity index (χ0) is 22.9. The first-order valence-electron chi connectivity index (χ1n) is 10.7. The molecule has 3 aromatic rings. The molecule has 0 atom stereocenters. The first-order chi connectivity index (χ1) is 15.4. The van der Waals surface area contributed by atoms with Crippen LogP contribution in [0.5, 0.6) is 0 Å². The maximum Gasteiger partial charge on any atom is 0.416 e. The van der Waals surface area contributed by atoms with Crippen LogP contribution in [0.25, 0.3) is 17.3 Å². The van der Waals surface area contributed by atoms with E-state index in [1.165, 1.54) is 17.8 Å². The molecule has 3 nitrogen and oxygen atoms in total. The molecular weight excluding hydrogens is 431 g/mol. The zero-order valence-corrected chi connectivity index (χ0v) is 18.9. The van der Waals surface area contributed by atoms with Crippen LogP contribution < -0.4 is 10.6 Å². The number of fused-ring (bicyclic) bond motifs is 2. The van der Waals surface area contributed by atoms with Crippen LogP contribution in [0.3, 0.4) is 0 Å². The highest BCUT2D eigenvalue weighted by Crippen LogP contribution is 2.50. The zero-order valence-electron chi connectivity index (χ0n) is 18.1. The first-order valence-corrected chi connectivity index (χ1v) is 11.5. The lowest BCUT2D eigenvalue weighted by Crippen LogP contribution is -2.24. The average molecular weight is 458 g/mol. The summed E-state index contributed by atoms with van der Waals surface area (Å²) in [6, 6.07) is 12.3. The van der Waals surface area contributed by atoms with E-state index in [1.54, 1.807) is 6.07 Å². The summed E-state index contributed by atoms with van der Waals surface area (Å²) in [5, 5.41) is 0. The SMILES string of the molecule is C/C=C\c1cc(-c2ccc3c(c2)Sc2cc(C(F)(F)F)ccc2N3CCCN)[nH]c1CC. The Balaban J connectivity index is 1.77. The van der Waals surface area contributed by atoms with E-state index in [9.17, 15) is 13.2 Å². The number of anilines is 2. The van der Waals surface area contributed by atoms with Gasteiger partial charge in [0.2, 0.25) is 0 Å². The van der Waals surface area contributed by atoms with Gasteiger partial charge in [0.05, 0.1) is 16.9 Å². The fraction of sp³-hybridized carbons (Fsp3) is 0.280. The summed E-state index contributed by atoms with van der Waals surface area (Å²) in [5.41, 5.74) is 11.2. The smallest absolute Gasteiger partial charge is 0.358 e. The summed E-state index contributed by atoms with van der Waals surface area (Å²) >= 11 is 1.39. The number of hydrogen-bond acceptors (Lipinski definition) is 3. The molecule has 3 N–H and O–H groups in total. The van der Waals surface area contributed by atoms with Crippen molar-refractivity contribution in [2.75, 3.05) is 18.0 Å². The van der Waals surface area contributed by atoms with Crippen molar-refractivity contribution in [2.24, 2.45) is 5.73 Å². The van der Waals surface area contributed by atoms with Crippen molar-refractivity contribution in [3.63, 3.8) is 0 Å². The minimum Gasteiger partial charge on any atom is -0.358 e. The largest absolute Gasteiger partial charge is 0.416 e. The molecule has 0 bridgehead atoms. The van der Waals surface area contributed by atoms with E-state index in [0.717, 1.165) is 57.7 Å². The highest BCUT2D eigenvalue weighted by atomic mass is 32.2. The summed E-state index contributed by atoms with van der Waals surface area (Å²) in [4.78, 5) is 7.12. The number of nitrogens with one attached hydrogen (secondary N) is 1. The Kier molecular flexibility index (Phi) is 6.40. The van der Waals surface area contributed by atoms with Gasteiger partial charge in [-0.05, 0) is 73.8 Å². The van der Waals surface area contributed by atoms with E-state index < -0.39 is 11.7 Å². The Morgan fingerprint density at radius 3 is 2.44 bits per heavy atom. The van der Waals surface area contributed by atoms with Crippen LogP contribution in [0.15, 0.2) is 58.3 Å². The monoisotopic (exact) mass is 457 g/mol. The molecule has 1 aliphatic heterocycles. The predicted octanol–water partition coefficient (Wildman–Crippen LogP) is 7.25. The van der Waals surface area contributed by atoms with Crippen LogP contribution in [0.2, 0.25) is 0 Å². The molecule has 0 spiro atoms. The number of hydrogen-bond donors (Lipinski definition) is 2. The number of alkyl halides is 3. The second kappa shape index (κ2) is 9.08. The molecule has 7 heteroatoms. The highest BCUT2D eigenvalue weighted by Gasteiger charge is 2.33. The lowest BCUT2D eigenvalue weighted by molar-refractivity contribution is -0.137. The molecule has 2 aromatic carbocycles. The summed E-state index contributed by atoms with van der Waals surface area (Å²) in [7, 11) is 0. The molecule has 0 radical (unpaired) electrons. The molecule has 32 heavy (non-hydrogen) atoms. The molecule has 0 fully saturated rings. The lowest BCUT2D eigenvalue weighted by atomic mass is 10.1. The van der Waals surface area contributed by atoms with Gasteiger partial charge in [-0.3, -0.25) is 0 Å². The summed E-state index contributed by atoms with van der Waals surface area (Å²) < 4.78 is 40.0. The maximum absolute atomic E-state index is 13.3. The van der Waals surface area contributed by atoms with Gasteiger partial charge in [-0.1, -0.05) is 36.9 Å². The molecule has 0 amide bonds. The van der Waals surface area contributed by atoms with E-state index in [-0.39, 0.29) is 0 Å². The van der Waals surface area contributed by atoms with Crippen molar-refractivity contribution >= 4 is 29.2 Å². The van der Waals surface area contributed by atoms with E-state index in [4.69, 9.17) is 5.73 Å². The van der Waals surface area contributed by atoms with Gasteiger partial charge in [0.15, 0.2) is 0 Å². The van der Waals surface area contributed by atoms with E-state index in [1.807, 2.05) is 13.0 Å². The standard InChI is InChI=1S/C25H26F3N3S/c1-3-6-16-13-20(30-19(16)4-2)17-7-9-21-23(14-17)32-24-15-18(25(26,27)28)8-10-22(24)31(21)12-5-11-29/h3,6-10,13-15,30H,4-5,11-12,29H2,1-2H3/b6-3-. The van der Waals surface area contributed by atoms with Crippen LogP contribution in [0, 0.1) is 0 Å². The third-order valence-corrected chi connectivity index (χ3v) is 6.67. The lowest BCUT2D eigenvalue weighted by Gasteiger charge is -2.33. The maximum atomic E-state index is 13.3. The summed E-state index contributed by atoms with van der Waals surface area (Å²) in [6.45, 7) is 5.26. The van der Waals surface area contributed by atoms with Gasteiger partial charge in [0.25, 0.3) is 0 Å². The van der Waals surface area contributed by atoms with E-state index in [0.29, 0.717) is 18.0 Å². The first kappa shape index (κ1) is 22.6.